The van der Waals surface area contributed by atoms with Crippen LogP contribution >= 0.6 is 0 Å². The first-order chi connectivity index (χ1) is 7.68. The van der Waals surface area contributed by atoms with Gasteiger partial charge in [-0.2, -0.15) is 0 Å². The summed E-state index contributed by atoms with van der Waals surface area (Å²) in [5.41, 5.74) is 2.39. The number of carbonyl (C=O) groups is 1. The molecular formula is C12H16N2O2. The predicted molar refractivity (Wildman–Crippen MR) is 61.5 cm³/mol. The molecule has 1 saturated heterocycles. The number of aryl methyl sites for hydroxylation is 1. The van der Waals surface area contributed by atoms with Gasteiger partial charge in [0.25, 0.3) is 0 Å². The Bertz CT molecular complexity index is 392. The van der Waals surface area contributed by atoms with E-state index in [0.29, 0.717) is 19.6 Å². The maximum Gasteiger partial charge on any atom is 0.407 e. The van der Waals surface area contributed by atoms with E-state index in [9.17, 15) is 4.79 Å². The molecule has 1 atom stereocenters. The normalized spacial score (nSPS) is 20.8. The Labute approximate surface area is 94.9 Å². The highest BCUT2D eigenvalue weighted by Crippen LogP contribution is 2.20. The Hall–Kier alpha value is -1.55. The van der Waals surface area contributed by atoms with E-state index < -0.39 is 6.09 Å². The number of hydrogen-bond acceptors (Lipinski definition) is 2. The van der Waals surface area contributed by atoms with Crippen molar-refractivity contribution in [1.82, 2.24) is 10.2 Å². The SMILES string of the molecule is Cc1ccccc1[C@@H]1CN(C(=O)O)CCN1. The molecule has 1 aromatic carbocycles. The van der Waals surface area contributed by atoms with Gasteiger partial charge in [0.15, 0.2) is 0 Å². The Kier molecular flexibility index (Phi) is 3.10. The van der Waals surface area contributed by atoms with Gasteiger partial charge in [-0.1, -0.05) is 24.3 Å². The largest absolute Gasteiger partial charge is 0.465 e. The lowest BCUT2D eigenvalue weighted by atomic mass is 10.00. The van der Waals surface area contributed by atoms with E-state index in [0.717, 1.165) is 0 Å². The van der Waals surface area contributed by atoms with Gasteiger partial charge in [0.05, 0.1) is 6.04 Å². The van der Waals surface area contributed by atoms with Gasteiger partial charge in [-0.15, -0.1) is 0 Å². The third kappa shape index (κ3) is 2.17. The molecule has 86 valence electrons. The first-order valence-corrected chi connectivity index (χ1v) is 5.45. The van der Waals surface area contributed by atoms with Gasteiger partial charge in [0.2, 0.25) is 0 Å². The number of amides is 1. The van der Waals surface area contributed by atoms with Crippen molar-refractivity contribution in [2.45, 2.75) is 13.0 Å². The summed E-state index contributed by atoms with van der Waals surface area (Å²) < 4.78 is 0. The molecule has 0 unspecified atom stereocenters. The van der Waals surface area contributed by atoms with Gasteiger partial charge < -0.3 is 15.3 Å². The zero-order valence-corrected chi connectivity index (χ0v) is 9.31. The number of rotatable bonds is 1. The number of carboxylic acid groups (broad SMARTS) is 1. The van der Waals surface area contributed by atoms with Crippen molar-refractivity contribution in [1.29, 1.82) is 0 Å². The summed E-state index contributed by atoms with van der Waals surface area (Å²) in [5.74, 6) is 0. The van der Waals surface area contributed by atoms with Crippen LogP contribution in [-0.2, 0) is 0 Å². The van der Waals surface area contributed by atoms with Crippen LogP contribution in [0.15, 0.2) is 24.3 Å². The standard InChI is InChI=1S/C12H16N2O2/c1-9-4-2-3-5-10(9)11-8-14(12(15)16)7-6-13-11/h2-5,11,13H,6-8H2,1H3,(H,15,16)/t11-/m0/s1. The van der Waals surface area contributed by atoms with Gasteiger partial charge in [-0.25, -0.2) is 4.79 Å². The molecule has 4 heteroatoms. The van der Waals surface area contributed by atoms with Gasteiger partial charge in [0, 0.05) is 19.6 Å². The molecule has 2 N–H and O–H groups in total. The van der Waals surface area contributed by atoms with E-state index in [1.807, 2.05) is 12.1 Å². The third-order valence-electron chi connectivity index (χ3n) is 3.01. The third-order valence-corrected chi connectivity index (χ3v) is 3.01. The van der Waals surface area contributed by atoms with Crippen molar-refractivity contribution in [2.75, 3.05) is 19.6 Å². The second kappa shape index (κ2) is 4.53. The van der Waals surface area contributed by atoms with Crippen LogP contribution in [0, 0.1) is 6.92 Å². The topological polar surface area (TPSA) is 52.6 Å². The van der Waals surface area contributed by atoms with Crippen molar-refractivity contribution >= 4 is 6.09 Å². The molecule has 0 saturated carbocycles. The van der Waals surface area contributed by atoms with Gasteiger partial charge in [-0.05, 0) is 18.1 Å². The van der Waals surface area contributed by atoms with E-state index in [2.05, 4.69) is 24.4 Å². The van der Waals surface area contributed by atoms with Crippen molar-refractivity contribution in [2.24, 2.45) is 0 Å². The maximum absolute atomic E-state index is 10.9. The summed E-state index contributed by atoms with van der Waals surface area (Å²) >= 11 is 0. The minimum atomic E-state index is -0.833. The first kappa shape index (κ1) is 11.0. The minimum Gasteiger partial charge on any atom is -0.465 e. The fourth-order valence-electron chi connectivity index (χ4n) is 2.11. The van der Waals surface area contributed by atoms with Crippen LogP contribution in [0.25, 0.3) is 0 Å². The Morgan fingerprint density at radius 2 is 2.25 bits per heavy atom. The van der Waals surface area contributed by atoms with Crippen molar-refractivity contribution in [3.05, 3.63) is 35.4 Å². The molecule has 2 rings (SSSR count). The lowest BCUT2D eigenvalue weighted by Crippen LogP contribution is -2.47. The molecule has 1 amide bonds. The zero-order valence-electron chi connectivity index (χ0n) is 9.31. The summed E-state index contributed by atoms with van der Waals surface area (Å²) in [6.07, 6.45) is -0.833. The quantitative estimate of drug-likeness (QED) is 0.756. The Morgan fingerprint density at radius 3 is 2.94 bits per heavy atom. The van der Waals surface area contributed by atoms with Crippen LogP contribution in [0.3, 0.4) is 0 Å². The molecule has 1 fully saturated rings. The van der Waals surface area contributed by atoms with E-state index >= 15 is 0 Å². The smallest absolute Gasteiger partial charge is 0.407 e. The van der Waals surface area contributed by atoms with Gasteiger partial charge in [-0.3, -0.25) is 0 Å². The summed E-state index contributed by atoms with van der Waals surface area (Å²) in [6, 6.07) is 8.21. The fourth-order valence-corrected chi connectivity index (χ4v) is 2.11. The molecule has 16 heavy (non-hydrogen) atoms. The molecule has 0 radical (unpaired) electrons. The number of hydrogen-bond donors (Lipinski definition) is 2. The van der Waals surface area contributed by atoms with Crippen LogP contribution in [0.4, 0.5) is 4.79 Å². The summed E-state index contributed by atoms with van der Waals surface area (Å²) in [4.78, 5) is 12.4. The van der Waals surface area contributed by atoms with Crippen LogP contribution < -0.4 is 5.32 Å². The summed E-state index contributed by atoms with van der Waals surface area (Å²) in [5, 5.41) is 12.3. The molecule has 1 aliphatic heterocycles. The highest BCUT2D eigenvalue weighted by atomic mass is 16.4. The molecule has 4 nitrogen and oxygen atoms in total. The molecule has 0 bridgehead atoms. The number of piperazine rings is 1. The van der Waals surface area contributed by atoms with E-state index in [1.165, 1.54) is 16.0 Å². The van der Waals surface area contributed by atoms with Crippen LogP contribution in [0.5, 0.6) is 0 Å². The Morgan fingerprint density at radius 1 is 1.50 bits per heavy atom. The number of nitrogens with one attached hydrogen (secondary N) is 1. The molecule has 1 aromatic rings. The summed E-state index contributed by atoms with van der Waals surface area (Å²) in [6.45, 7) is 3.86. The fraction of sp³-hybridized carbons (Fsp3) is 0.417. The van der Waals surface area contributed by atoms with Crippen molar-refractivity contribution in [3.63, 3.8) is 0 Å². The highest BCUT2D eigenvalue weighted by molar-refractivity contribution is 5.65. The van der Waals surface area contributed by atoms with E-state index in [-0.39, 0.29) is 6.04 Å². The first-order valence-electron chi connectivity index (χ1n) is 5.45. The van der Waals surface area contributed by atoms with Crippen LogP contribution in [0.2, 0.25) is 0 Å². The minimum absolute atomic E-state index is 0.117. The average Bonchev–Trinajstić information content (AvgIpc) is 2.30. The van der Waals surface area contributed by atoms with Crippen LogP contribution in [-0.4, -0.2) is 35.7 Å². The second-order valence-corrected chi connectivity index (χ2v) is 4.09. The molecule has 0 aliphatic carbocycles. The lowest BCUT2D eigenvalue weighted by Gasteiger charge is -2.32. The Balaban J connectivity index is 2.16. The zero-order chi connectivity index (χ0) is 11.5. The second-order valence-electron chi connectivity index (χ2n) is 4.09. The average molecular weight is 220 g/mol. The van der Waals surface area contributed by atoms with Gasteiger partial charge in [0.1, 0.15) is 0 Å². The van der Waals surface area contributed by atoms with Crippen molar-refractivity contribution in [3.8, 4) is 0 Å². The molecule has 0 spiro atoms. The lowest BCUT2D eigenvalue weighted by molar-refractivity contribution is 0.129. The van der Waals surface area contributed by atoms with Crippen molar-refractivity contribution < 1.29 is 9.90 Å². The summed E-state index contributed by atoms with van der Waals surface area (Å²) in [7, 11) is 0. The van der Waals surface area contributed by atoms with Crippen LogP contribution in [0.1, 0.15) is 17.2 Å². The predicted octanol–water partition coefficient (Wildman–Crippen LogP) is 1.62. The number of nitrogens with zero attached hydrogens (tertiary/aromatic N) is 1. The molecular weight excluding hydrogens is 204 g/mol. The monoisotopic (exact) mass is 220 g/mol. The van der Waals surface area contributed by atoms with Gasteiger partial charge >= 0.3 is 6.09 Å². The molecule has 1 heterocycles. The van der Waals surface area contributed by atoms with E-state index in [4.69, 9.17) is 5.11 Å². The number of benzene rings is 1. The molecule has 0 aromatic heterocycles. The molecule has 1 aliphatic rings. The maximum atomic E-state index is 10.9. The van der Waals surface area contributed by atoms with E-state index in [1.54, 1.807) is 0 Å². The highest BCUT2D eigenvalue weighted by Gasteiger charge is 2.24.